The second-order valence-electron chi connectivity index (χ2n) is 8.11. The molecule has 2 heterocycles. The van der Waals surface area contributed by atoms with Crippen LogP contribution in [-0.2, 0) is 14.3 Å². The minimum atomic E-state index is -0.690. The van der Waals surface area contributed by atoms with E-state index in [2.05, 4.69) is 36.9 Å². The number of fused-ring (bicyclic) bond motifs is 1. The number of esters is 2. The van der Waals surface area contributed by atoms with Crippen molar-refractivity contribution in [1.29, 1.82) is 0 Å². The van der Waals surface area contributed by atoms with Gasteiger partial charge in [0.1, 0.15) is 0 Å². The molecular weight excluding hydrogens is 612 g/mol. The highest BCUT2D eigenvalue weighted by Gasteiger charge is 2.33. The summed E-state index contributed by atoms with van der Waals surface area (Å²) in [6, 6.07) is 10.5. The summed E-state index contributed by atoms with van der Waals surface area (Å²) < 4.78 is 13.9. The molecule has 1 aromatic heterocycles. The quantitative estimate of drug-likeness (QED) is 0.304. The Hall–Kier alpha value is -2.82. The summed E-state index contributed by atoms with van der Waals surface area (Å²) in [7, 11) is 0. The highest BCUT2D eigenvalue weighted by molar-refractivity contribution is 9.11. The molecule has 0 radical (unpaired) electrons. The summed E-state index contributed by atoms with van der Waals surface area (Å²) in [6.45, 7) is 6.97. The summed E-state index contributed by atoms with van der Waals surface area (Å²) in [5.74, 6) is -0.690. The summed E-state index contributed by atoms with van der Waals surface area (Å²) in [4.78, 5) is 43.5. The normalized spacial score (nSPS) is 15.4. The molecule has 1 aliphatic heterocycles. The Morgan fingerprint density at radius 1 is 1.17 bits per heavy atom. The van der Waals surface area contributed by atoms with Gasteiger partial charge in [-0.15, -0.1) is 0 Å². The van der Waals surface area contributed by atoms with Crippen LogP contribution in [0.4, 0.5) is 0 Å². The van der Waals surface area contributed by atoms with Gasteiger partial charge >= 0.3 is 11.9 Å². The lowest BCUT2D eigenvalue weighted by molar-refractivity contribution is -0.139. The van der Waals surface area contributed by atoms with Crippen LogP contribution >= 0.6 is 43.2 Å². The van der Waals surface area contributed by atoms with Gasteiger partial charge in [-0.05, 0) is 60.5 Å². The fourth-order valence-corrected chi connectivity index (χ4v) is 6.31. The van der Waals surface area contributed by atoms with E-state index >= 15 is 0 Å². The van der Waals surface area contributed by atoms with E-state index in [0.29, 0.717) is 36.4 Å². The van der Waals surface area contributed by atoms with Gasteiger partial charge in [0.2, 0.25) is 0 Å². The number of carbonyl (C=O) groups is 2. The zero-order valence-corrected chi connectivity index (χ0v) is 23.9. The molecule has 4 rings (SSSR count). The lowest BCUT2D eigenvalue weighted by Crippen LogP contribution is -2.39. The summed E-state index contributed by atoms with van der Waals surface area (Å²) in [5, 5.41) is 0. The molecule has 0 bridgehead atoms. The standard InChI is InChI=1S/C26H22Br2N2O5S/c1-5-34-25(33)21-14(3)29-26-30(22(21)16-8-6-13(2)7-9-16)24(32)20(36-26)11-17-10-18(27)12-19(28)23(17)35-15(4)31/h6-12,22H,5H2,1-4H3/b20-11-/t22-/m1/s1. The molecule has 10 heteroatoms. The third kappa shape index (κ3) is 5.16. The number of nitrogens with zero attached hydrogens (tertiary/aromatic N) is 2. The Morgan fingerprint density at radius 2 is 1.86 bits per heavy atom. The molecule has 0 amide bonds. The second-order valence-corrected chi connectivity index (χ2v) is 10.9. The second kappa shape index (κ2) is 10.7. The van der Waals surface area contributed by atoms with Crippen molar-refractivity contribution in [1.82, 2.24) is 4.57 Å². The lowest BCUT2D eigenvalue weighted by atomic mass is 9.95. The molecular formula is C26H22Br2N2O5S. The largest absolute Gasteiger partial charge is 0.463 e. The minimum Gasteiger partial charge on any atom is -0.463 e. The van der Waals surface area contributed by atoms with Crippen LogP contribution in [0.5, 0.6) is 5.75 Å². The first-order valence-electron chi connectivity index (χ1n) is 11.0. The van der Waals surface area contributed by atoms with Crippen LogP contribution in [0.3, 0.4) is 0 Å². The molecule has 0 N–H and O–H groups in total. The van der Waals surface area contributed by atoms with Gasteiger partial charge in [0.05, 0.1) is 32.9 Å². The molecule has 0 spiro atoms. The topological polar surface area (TPSA) is 87.0 Å². The molecule has 0 aliphatic carbocycles. The number of carbonyl (C=O) groups excluding carboxylic acids is 2. The summed E-state index contributed by atoms with van der Waals surface area (Å²) >= 11 is 8.07. The Labute approximate surface area is 228 Å². The molecule has 0 unspecified atom stereocenters. The average molecular weight is 634 g/mol. The number of benzene rings is 2. The first-order chi connectivity index (χ1) is 17.1. The molecule has 1 aliphatic rings. The molecule has 2 aromatic carbocycles. The van der Waals surface area contributed by atoms with E-state index in [0.717, 1.165) is 15.6 Å². The highest BCUT2D eigenvalue weighted by atomic mass is 79.9. The highest BCUT2D eigenvalue weighted by Crippen LogP contribution is 2.34. The number of thiazole rings is 1. The van der Waals surface area contributed by atoms with Crippen molar-refractivity contribution in [3.8, 4) is 5.75 Å². The summed E-state index contributed by atoms with van der Waals surface area (Å²) in [6.07, 6.45) is 1.66. The van der Waals surface area contributed by atoms with Crippen LogP contribution in [0, 0.1) is 6.92 Å². The fourth-order valence-electron chi connectivity index (χ4n) is 3.94. The number of allylic oxidation sites excluding steroid dienone is 1. The zero-order valence-electron chi connectivity index (χ0n) is 19.9. The monoisotopic (exact) mass is 632 g/mol. The maximum Gasteiger partial charge on any atom is 0.338 e. The van der Waals surface area contributed by atoms with E-state index in [1.54, 1.807) is 32.1 Å². The maximum absolute atomic E-state index is 13.8. The van der Waals surface area contributed by atoms with Crippen molar-refractivity contribution in [3.63, 3.8) is 0 Å². The molecule has 0 fully saturated rings. The lowest BCUT2D eigenvalue weighted by Gasteiger charge is -2.24. The zero-order chi connectivity index (χ0) is 26.1. The number of aromatic nitrogens is 1. The van der Waals surface area contributed by atoms with Gasteiger partial charge < -0.3 is 9.47 Å². The first kappa shape index (κ1) is 26.2. The van der Waals surface area contributed by atoms with Gasteiger partial charge in [0.15, 0.2) is 10.6 Å². The molecule has 0 saturated carbocycles. The van der Waals surface area contributed by atoms with Crippen LogP contribution in [0.25, 0.3) is 6.08 Å². The van der Waals surface area contributed by atoms with Crippen molar-refractivity contribution < 1.29 is 19.1 Å². The van der Waals surface area contributed by atoms with Crippen LogP contribution in [0.1, 0.15) is 43.5 Å². The van der Waals surface area contributed by atoms with Crippen molar-refractivity contribution >= 4 is 61.2 Å². The molecule has 36 heavy (non-hydrogen) atoms. The van der Waals surface area contributed by atoms with Crippen molar-refractivity contribution in [3.05, 3.63) is 93.0 Å². The molecule has 1 atom stereocenters. The van der Waals surface area contributed by atoms with Crippen molar-refractivity contribution in [2.75, 3.05) is 6.61 Å². The van der Waals surface area contributed by atoms with Crippen LogP contribution in [0.15, 0.2) is 66.4 Å². The predicted octanol–water partition coefficient (Wildman–Crippen LogP) is 4.56. The Morgan fingerprint density at radius 3 is 2.50 bits per heavy atom. The molecule has 3 aromatic rings. The van der Waals surface area contributed by atoms with E-state index in [-0.39, 0.29) is 12.2 Å². The van der Waals surface area contributed by atoms with Gasteiger partial charge in [-0.25, -0.2) is 9.79 Å². The number of hydrogen-bond acceptors (Lipinski definition) is 7. The fraction of sp³-hybridized carbons (Fsp3) is 0.231. The number of halogens is 2. The molecule has 186 valence electrons. The molecule has 0 saturated heterocycles. The third-order valence-corrected chi connectivity index (χ3v) is 7.51. The Balaban J connectivity index is 1.98. The average Bonchev–Trinajstić information content (AvgIpc) is 3.10. The van der Waals surface area contributed by atoms with E-state index in [1.807, 2.05) is 31.2 Å². The number of hydrogen-bond donors (Lipinski definition) is 0. The molecule has 7 nitrogen and oxygen atoms in total. The Kier molecular flexibility index (Phi) is 7.77. The number of rotatable bonds is 5. The van der Waals surface area contributed by atoms with E-state index in [4.69, 9.17) is 9.47 Å². The SMILES string of the molecule is CCOC(=O)C1=C(C)N=c2s/c(=C\c3cc(Br)cc(Br)c3OC(C)=O)c(=O)n2[C@@H]1c1ccc(C)cc1. The van der Waals surface area contributed by atoms with Crippen molar-refractivity contribution in [2.45, 2.75) is 33.7 Å². The van der Waals surface area contributed by atoms with Crippen LogP contribution in [-0.4, -0.2) is 23.1 Å². The van der Waals surface area contributed by atoms with E-state index in [9.17, 15) is 14.4 Å². The van der Waals surface area contributed by atoms with Crippen molar-refractivity contribution in [2.24, 2.45) is 4.99 Å². The predicted molar refractivity (Wildman–Crippen MR) is 145 cm³/mol. The van der Waals surface area contributed by atoms with Gasteiger partial charge in [-0.3, -0.25) is 14.2 Å². The number of aryl methyl sites for hydroxylation is 1. The Bertz CT molecular complexity index is 1590. The number of ether oxygens (including phenoxy) is 2. The summed E-state index contributed by atoms with van der Waals surface area (Å²) in [5.41, 5.74) is 2.87. The van der Waals surface area contributed by atoms with Gasteiger partial charge in [0, 0.05) is 17.0 Å². The smallest absolute Gasteiger partial charge is 0.338 e. The van der Waals surface area contributed by atoms with E-state index < -0.39 is 18.0 Å². The van der Waals surface area contributed by atoms with E-state index in [1.165, 1.54) is 22.8 Å². The maximum atomic E-state index is 13.8. The van der Waals surface area contributed by atoms with Gasteiger partial charge in [-0.2, -0.15) is 0 Å². The van der Waals surface area contributed by atoms with Gasteiger partial charge in [-0.1, -0.05) is 57.1 Å². The third-order valence-electron chi connectivity index (χ3n) is 5.48. The first-order valence-corrected chi connectivity index (χ1v) is 13.4. The van der Waals surface area contributed by atoms with Crippen LogP contribution in [0.2, 0.25) is 0 Å². The van der Waals surface area contributed by atoms with Gasteiger partial charge in [0.25, 0.3) is 5.56 Å². The minimum absolute atomic E-state index is 0.206. The van der Waals surface area contributed by atoms with Crippen LogP contribution < -0.4 is 19.6 Å².